The van der Waals surface area contributed by atoms with E-state index in [4.69, 9.17) is 10.5 Å². The maximum atomic E-state index is 5.94. The van der Waals surface area contributed by atoms with E-state index >= 15 is 0 Å². The van der Waals surface area contributed by atoms with Crippen LogP contribution in [-0.4, -0.2) is 23.7 Å². The lowest BCUT2D eigenvalue weighted by Gasteiger charge is -2.38. The highest BCUT2D eigenvalue weighted by Gasteiger charge is 2.34. The van der Waals surface area contributed by atoms with Gasteiger partial charge in [-0.15, -0.1) is 0 Å². The Morgan fingerprint density at radius 2 is 2.25 bits per heavy atom. The van der Waals surface area contributed by atoms with Crippen molar-refractivity contribution in [2.75, 3.05) is 7.11 Å². The van der Waals surface area contributed by atoms with Crippen molar-refractivity contribution in [3.8, 4) is 0 Å². The number of nitrogens with zero attached hydrogens (tertiary/aromatic N) is 1. The Balaban J connectivity index is 2.05. The molecule has 0 unspecified atom stereocenters. The molecule has 88 valence electrons. The predicted molar refractivity (Wildman–Crippen MR) is 64.1 cm³/mol. The molecular formula is C13H20N2O. The number of aromatic nitrogens is 1. The minimum Gasteiger partial charge on any atom is -0.378 e. The third kappa shape index (κ3) is 2.60. The van der Waals surface area contributed by atoms with Crippen molar-refractivity contribution in [1.82, 2.24) is 4.98 Å². The molecule has 1 aromatic heterocycles. The van der Waals surface area contributed by atoms with Gasteiger partial charge in [0, 0.05) is 32.0 Å². The molecule has 1 fully saturated rings. The van der Waals surface area contributed by atoms with Crippen LogP contribution >= 0.6 is 0 Å². The van der Waals surface area contributed by atoms with Gasteiger partial charge < -0.3 is 10.5 Å². The van der Waals surface area contributed by atoms with Crippen LogP contribution in [0.15, 0.2) is 24.5 Å². The quantitative estimate of drug-likeness (QED) is 0.846. The number of nitrogens with two attached hydrogens (primary N) is 1. The summed E-state index contributed by atoms with van der Waals surface area (Å²) in [6.45, 7) is 0. The van der Waals surface area contributed by atoms with Gasteiger partial charge in [0.25, 0.3) is 0 Å². The number of pyridine rings is 1. The Bertz CT molecular complexity index is 318. The highest BCUT2D eigenvalue weighted by Crippen LogP contribution is 2.33. The third-order valence-corrected chi connectivity index (χ3v) is 3.62. The van der Waals surface area contributed by atoms with Gasteiger partial charge in [0.2, 0.25) is 0 Å². The highest BCUT2D eigenvalue weighted by molar-refractivity contribution is 5.12. The van der Waals surface area contributed by atoms with E-state index in [1.165, 1.54) is 5.56 Å². The lowest BCUT2D eigenvalue weighted by Crippen LogP contribution is -2.42. The monoisotopic (exact) mass is 220 g/mol. The van der Waals surface area contributed by atoms with E-state index in [0.29, 0.717) is 6.04 Å². The van der Waals surface area contributed by atoms with E-state index in [9.17, 15) is 0 Å². The first-order chi connectivity index (χ1) is 7.74. The zero-order valence-corrected chi connectivity index (χ0v) is 9.86. The minimum atomic E-state index is -0.0150. The molecule has 0 amide bonds. The van der Waals surface area contributed by atoms with E-state index < -0.39 is 0 Å². The molecule has 3 nitrogen and oxygen atoms in total. The zero-order chi connectivity index (χ0) is 11.4. The van der Waals surface area contributed by atoms with Crippen molar-refractivity contribution < 1.29 is 4.74 Å². The average Bonchev–Trinajstić information content (AvgIpc) is 2.34. The van der Waals surface area contributed by atoms with Gasteiger partial charge >= 0.3 is 0 Å². The Hall–Kier alpha value is -0.930. The normalized spacial score (nSPS) is 30.2. The first-order valence-electron chi connectivity index (χ1n) is 5.94. The predicted octanol–water partition coefficient (Wildman–Crippen LogP) is 1.91. The zero-order valence-electron chi connectivity index (χ0n) is 9.86. The van der Waals surface area contributed by atoms with Crippen LogP contribution in [0.3, 0.4) is 0 Å². The van der Waals surface area contributed by atoms with Crippen molar-refractivity contribution in [2.45, 2.75) is 43.7 Å². The Labute approximate surface area is 97.0 Å². The minimum absolute atomic E-state index is 0.0150. The van der Waals surface area contributed by atoms with Gasteiger partial charge in [-0.2, -0.15) is 0 Å². The largest absolute Gasteiger partial charge is 0.378 e. The number of hydrogen-bond acceptors (Lipinski definition) is 3. The fraction of sp³-hybridized carbons (Fsp3) is 0.615. The summed E-state index contributed by atoms with van der Waals surface area (Å²) < 4.78 is 5.75. The van der Waals surface area contributed by atoms with Crippen molar-refractivity contribution in [1.29, 1.82) is 0 Å². The molecule has 2 N–H and O–H groups in total. The van der Waals surface area contributed by atoms with E-state index in [1.807, 2.05) is 19.4 Å². The van der Waals surface area contributed by atoms with Gasteiger partial charge in [0.05, 0.1) is 5.60 Å². The van der Waals surface area contributed by atoms with Gasteiger partial charge in [0.15, 0.2) is 0 Å². The van der Waals surface area contributed by atoms with Crippen molar-refractivity contribution >= 4 is 0 Å². The number of rotatable bonds is 3. The van der Waals surface area contributed by atoms with E-state index in [0.717, 1.165) is 32.1 Å². The molecule has 0 bridgehead atoms. The van der Waals surface area contributed by atoms with Crippen LogP contribution in [0.25, 0.3) is 0 Å². The molecule has 0 saturated heterocycles. The first kappa shape index (κ1) is 11.6. The number of hydrogen-bond donors (Lipinski definition) is 1. The van der Waals surface area contributed by atoms with Crippen LogP contribution in [0.2, 0.25) is 0 Å². The molecule has 16 heavy (non-hydrogen) atoms. The van der Waals surface area contributed by atoms with Gasteiger partial charge in [0.1, 0.15) is 0 Å². The molecule has 0 aromatic carbocycles. The maximum Gasteiger partial charge on any atom is 0.0720 e. The summed E-state index contributed by atoms with van der Waals surface area (Å²) in [5, 5.41) is 0. The van der Waals surface area contributed by atoms with Gasteiger partial charge in [-0.05, 0) is 37.3 Å². The molecule has 0 aliphatic heterocycles. The molecule has 3 heteroatoms. The summed E-state index contributed by atoms with van der Waals surface area (Å²) in [6.07, 6.45) is 8.92. The summed E-state index contributed by atoms with van der Waals surface area (Å²) in [4.78, 5) is 4.15. The van der Waals surface area contributed by atoms with Crippen LogP contribution in [-0.2, 0) is 11.2 Å². The van der Waals surface area contributed by atoms with Crippen molar-refractivity contribution in [2.24, 2.45) is 5.73 Å². The molecular weight excluding hydrogens is 200 g/mol. The molecule has 1 saturated carbocycles. The Morgan fingerprint density at radius 1 is 1.50 bits per heavy atom. The van der Waals surface area contributed by atoms with Crippen LogP contribution < -0.4 is 5.73 Å². The van der Waals surface area contributed by atoms with E-state index in [2.05, 4.69) is 11.1 Å². The maximum absolute atomic E-state index is 5.94. The van der Waals surface area contributed by atoms with Gasteiger partial charge in [-0.1, -0.05) is 6.07 Å². The highest BCUT2D eigenvalue weighted by atomic mass is 16.5. The van der Waals surface area contributed by atoms with Crippen molar-refractivity contribution in [3.05, 3.63) is 30.1 Å². The molecule has 0 radical (unpaired) electrons. The summed E-state index contributed by atoms with van der Waals surface area (Å²) in [7, 11) is 1.81. The summed E-state index contributed by atoms with van der Waals surface area (Å²) in [5.74, 6) is 0. The number of methoxy groups -OCH3 is 1. The average molecular weight is 220 g/mol. The fourth-order valence-electron chi connectivity index (χ4n) is 2.49. The summed E-state index contributed by atoms with van der Waals surface area (Å²) in [6, 6.07) is 4.45. The Kier molecular flexibility index (Phi) is 3.56. The second kappa shape index (κ2) is 4.93. The molecule has 2 rings (SSSR count). The van der Waals surface area contributed by atoms with Crippen LogP contribution in [0.5, 0.6) is 0 Å². The lowest BCUT2D eigenvalue weighted by molar-refractivity contribution is -0.0417. The smallest absolute Gasteiger partial charge is 0.0720 e. The van der Waals surface area contributed by atoms with Gasteiger partial charge in [-0.3, -0.25) is 4.98 Å². The molecule has 1 aliphatic rings. The SMILES string of the molecule is COC1(Cc2cccnc2)CCC(N)CC1. The lowest BCUT2D eigenvalue weighted by atomic mass is 9.79. The molecule has 1 aliphatic carbocycles. The number of ether oxygens (including phenoxy) is 1. The first-order valence-corrected chi connectivity index (χ1v) is 5.94. The van der Waals surface area contributed by atoms with Crippen LogP contribution in [0, 0.1) is 0 Å². The topological polar surface area (TPSA) is 48.1 Å². The molecule has 0 atom stereocenters. The van der Waals surface area contributed by atoms with Gasteiger partial charge in [-0.25, -0.2) is 0 Å². The molecule has 1 aromatic rings. The second-order valence-electron chi connectivity index (χ2n) is 4.76. The van der Waals surface area contributed by atoms with E-state index in [1.54, 1.807) is 6.20 Å². The molecule has 1 heterocycles. The third-order valence-electron chi connectivity index (χ3n) is 3.62. The Morgan fingerprint density at radius 3 is 2.81 bits per heavy atom. The summed E-state index contributed by atoms with van der Waals surface area (Å²) >= 11 is 0. The van der Waals surface area contributed by atoms with Crippen LogP contribution in [0.1, 0.15) is 31.2 Å². The molecule has 0 spiro atoms. The van der Waals surface area contributed by atoms with Crippen molar-refractivity contribution in [3.63, 3.8) is 0 Å². The second-order valence-corrected chi connectivity index (χ2v) is 4.76. The van der Waals surface area contributed by atoms with E-state index in [-0.39, 0.29) is 5.60 Å². The fourth-order valence-corrected chi connectivity index (χ4v) is 2.49. The summed E-state index contributed by atoms with van der Waals surface area (Å²) in [5.41, 5.74) is 7.17. The standard InChI is InChI=1S/C13H20N2O/c1-16-13(6-4-12(14)5-7-13)9-11-3-2-8-15-10-11/h2-3,8,10,12H,4-7,9,14H2,1H3. The van der Waals surface area contributed by atoms with Crippen LogP contribution in [0.4, 0.5) is 0 Å².